The molecule has 0 aliphatic rings. The first-order valence-electron chi connectivity index (χ1n) is 21.7. The molecule has 14 rings (SSSR count). The normalized spacial score (nSPS) is 12.2. The van der Waals surface area contributed by atoms with Gasteiger partial charge in [0.1, 0.15) is 0 Å². The van der Waals surface area contributed by atoms with Crippen molar-refractivity contribution in [3.05, 3.63) is 218 Å². The molecular formula is C62H36. The Kier molecular flexibility index (Phi) is 6.92. The molecular weight excluding hydrogens is 745 g/mol. The van der Waals surface area contributed by atoms with Crippen molar-refractivity contribution < 1.29 is 0 Å². The number of hydrogen-bond acceptors (Lipinski definition) is 0. The molecule has 0 nitrogen and oxygen atoms in total. The highest BCUT2D eigenvalue weighted by molar-refractivity contribution is 6.41. The van der Waals surface area contributed by atoms with Crippen LogP contribution in [0, 0.1) is 0 Å². The van der Waals surface area contributed by atoms with E-state index in [1.54, 1.807) is 0 Å². The van der Waals surface area contributed by atoms with Gasteiger partial charge in [0, 0.05) is 0 Å². The van der Waals surface area contributed by atoms with E-state index in [9.17, 15) is 0 Å². The van der Waals surface area contributed by atoms with Crippen molar-refractivity contribution >= 4 is 118 Å². The third kappa shape index (κ3) is 4.67. The molecule has 0 fully saturated rings. The summed E-state index contributed by atoms with van der Waals surface area (Å²) in [5.74, 6) is 0. The van der Waals surface area contributed by atoms with Gasteiger partial charge in [0.2, 0.25) is 0 Å². The number of fused-ring (bicyclic) bond motifs is 23. The van der Waals surface area contributed by atoms with Gasteiger partial charge in [-0.3, -0.25) is 0 Å². The lowest BCUT2D eigenvalue weighted by molar-refractivity contribution is 1.66. The van der Waals surface area contributed by atoms with Gasteiger partial charge >= 0.3 is 0 Å². The minimum absolute atomic E-state index is 1.22. The van der Waals surface area contributed by atoms with E-state index in [2.05, 4.69) is 218 Å². The third-order valence-electron chi connectivity index (χ3n) is 13.9. The molecule has 284 valence electrons. The van der Waals surface area contributed by atoms with Crippen LogP contribution in [0.15, 0.2) is 218 Å². The Hall–Kier alpha value is -8.06. The molecule has 62 heavy (non-hydrogen) atoms. The van der Waals surface area contributed by atoms with Crippen molar-refractivity contribution in [1.29, 1.82) is 0 Å². The highest BCUT2D eigenvalue weighted by atomic mass is 14.2. The molecule has 0 unspecified atom stereocenters. The minimum Gasteiger partial charge on any atom is -0.0616 e. The highest BCUT2D eigenvalue weighted by Crippen LogP contribution is 2.47. The molecule has 0 aromatic heterocycles. The van der Waals surface area contributed by atoms with Gasteiger partial charge in [-0.25, -0.2) is 0 Å². The van der Waals surface area contributed by atoms with Crippen LogP contribution in [0.4, 0.5) is 0 Å². The number of hydrogen-bond donors (Lipinski definition) is 0. The van der Waals surface area contributed by atoms with Gasteiger partial charge < -0.3 is 0 Å². The Morgan fingerprint density at radius 1 is 0.145 bits per heavy atom. The van der Waals surface area contributed by atoms with Gasteiger partial charge in [-0.2, -0.15) is 0 Å². The lowest BCUT2D eigenvalue weighted by Gasteiger charge is -2.17. The summed E-state index contributed by atoms with van der Waals surface area (Å²) >= 11 is 0. The first-order chi connectivity index (χ1) is 30.8. The Balaban J connectivity index is 0.988. The summed E-state index contributed by atoms with van der Waals surface area (Å²) in [5.41, 5.74) is 4.89. The summed E-state index contributed by atoms with van der Waals surface area (Å²) in [6, 6.07) is 81.9. The molecule has 0 saturated carbocycles. The zero-order chi connectivity index (χ0) is 40.5. The maximum absolute atomic E-state index is 2.45. The average Bonchev–Trinajstić information content (AvgIpc) is 3.35. The maximum atomic E-state index is 2.45. The van der Waals surface area contributed by atoms with Gasteiger partial charge in [0.15, 0.2) is 0 Å². The molecule has 0 amide bonds. The maximum Gasteiger partial charge on any atom is -0.00137 e. The molecule has 0 N–H and O–H groups in total. The largest absolute Gasteiger partial charge is 0.0616 e. The van der Waals surface area contributed by atoms with Crippen molar-refractivity contribution in [3.8, 4) is 22.3 Å². The fourth-order valence-electron chi connectivity index (χ4n) is 11.2. The monoisotopic (exact) mass is 780 g/mol. The lowest BCUT2D eigenvalue weighted by atomic mass is 9.86. The van der Waals surface area contributed by atoms with Crippen LogP contribution in [0.2, 0.25) is 0 Å². The van der Waals surface area contributed by atoms with E-state index in [1.165, 1.54) is 141 Å². The van der Waals surface area contributed by atoms with E-state index < -0.39 is 0 Å². The van der Waals surface area contributed by atoms with Crippen LogP contribution >= 0.6 is 0 Å². The molecule has 14 aromatic carbocycles. The van der Waals surface area contributed by atoms with Crippen molar-refractivity contribution in [2.24, 2.45) is 0 Å². The van der Waals surface area contributed by atoms with E-state index in [1.807, 2.05) is 0 Å². The molecule has 0 spiro atoms. The number of rotatable bonds is 2. The predicted octanol–water partition coefficient (Wildman–Crippen LogP) is 17.7. The van der Waals surface area contributed by atoms with Crippen LogP contribution in [0.25, 0.3) is 141 Å². The van der Waals surface area contributed by atoms with Crippen LogP contribution in [0.5, 0.6) is 0 Å². The fourth-order valence-corrected chi connectivity index (χ4v) is 11.2. The predicted molar refractivity (Wildman–Crippen MR) is 270 cm³/mol. The molecule has 14 aromatic rings. The van der Waals surface area contributed by atoms with Crippen molar-refractivity contribution in [2.75, 3.05) is 0 Å². The zero-order valence-electron chi connectivity index (χ0n) is 33.8. The quantitative estimate of drug-likeness (QED) is 0.153. The second-order valence-corrected chi connectivity index (χ2v) is 17.1. The third-order valence-corrected chi connectivity index (χ3v) is 13.9. The van der Waals surface area contributed by atoms with Gasteiger partial charge in [-0.1, -0.05) is 194 Å². The Bertz CT molecular complexity index is 3960. The van der Waals surface area contributed by atoms with Crippen LogP contribution < -0.4 is 0 Å². The summed E-state index contributed by atoms with van der Waals surface area (Å²) < 4.78 is 0. The van der Waals surface area contributed by atoms with Crippen LogP contribution in [-0.2, 0) is 0 Å². The molecule has 0 heterocycles. The van der Waals surface area contributed by atoms with E-state index in [0.717, 1.165) is 0 Å². The Labute approximate surface area is 357 Å². The SMILES string of the molecule is c1ccc2c(c1)c1ccccc1c1c3cc(-c4ccc5ccc(-c6ccc7c8ccccc8c8c9ccccc9c9ccccc9c8c7c6)cc5c4)ccc3c3ccccc3c21. The number of benzene rings is 14. The summed E-state index contributed by atoms with van der Waals surface area (Å²) in [4.78, 5) is 0. The Morgan fingerprint density at radius 3 is 0.677 bits per heavy atom. The zero-order valence-corrected chi connectivity index (χ0v) is 33.8. The summed E-state index contributed by atoms with van der Waals surface area (Å²) in [6.07, 6.45) is 0. The second kappa shape index (κ2) is 12.7. The highest BCUT2D eigenvalue weighted by Gasteiger charge is 2.18. The van der Waals surface area contributed by atoms with E-state index in [4.69, 9.17) is 0 Å². The van der Waals surface area contributed by atoms with Gasteiger partial charge in [0.25, 0.3) is 0 Å². The molecule has 0 saturated heterocycles. The average molecular weight is 781 g/mol. The lowest BCUT2D eigenvalue weighted by Crippen LogP contribution is -1.89. The smallest absolute Gasteiger partial charge is 0.00137 e. The Morgan fingerprint density at radius 2 is 0.371 bits per heavy atom. The molecule has 0 atom stereocenters. The first-order valence-corrected chi connectivity index (χ1v) is 21.7. The molecule has 0 radical (unpaired) electrons. The molecule has 0 aliphatic heterocycles. The van der Waals surface area contributed by atoms with E-state index in [0.29, 0.717) is 0 Å². The van der Waals surface area contributed by atoms with Crippen LogP contribution in [0.1, 0.15) is 0 Å². The topological polar surface area (TPSA) is 0 Å². The molecule has 0 bridgehead atoms. The van der Waals surface area contributed by atoms with Gasteiger partial charge in [-0.05, 0) is 165 Å². The summed E-state index contributed by atoms with van der Waals surface area (Å²) in [7, 11) is 0. The van der Waals surface area contributed by atoms with Crippen molar-refractivity contribution in [1.82, 2.24) is 0 Å². The molecule has 0 aliphatic carbocycles. The van der Waals surface area contributed by atoms with Gasteiger partial charge in [0.05, 0.1) is 0 Å². The first kappa shape index (κ1) is 33.7. The fraction of sp³-hybridized carbons (Fsp3) is 0. The summed E-state index contributed by atoms with van der Waals surface area (Å²) in [6.45, 7) is 0. The molecule has 0 heteroatoms. The van der Waals surface area contributed by atoms with Crippen molar-refractivity contribution in [3.63, 3.8) is 0 Å². The standard InChI is InChI=1S/C62H36/c1-7-19-51-43(13-1)45-15-3-11-23-55(45)61-57-35-40(29-31-49(57)47-17-5-9-21-53(47)59(51)61)38-27-25-37-26-28-39(34-42(37)33-38)41-30-32-50-48-18-6-10-22-54(48)60-52-20-8-2-14-44(52)46-16-4-12-24-56(46)62(60)58(50)36-41/h1-36H. The second-order valence-electron chi connectivity index (χ2n) is 17.1. The van der Waals surface area contributed by atoms with Crippen molar-refractivity contribution in [2.45, 2.75) is 0 Å². The van der Waals surface area contributed by atoms with Crippen LogP contribution in [0.3, 0.4) is 0 Å². The van der Waals surface area contributed by atoms with E-state index >= 15 is 0 Å². The van der Waals surface area contributed by atoms with E-state index in [-0.39, 0.29) is 0 Å². The van der Waals surface area contributed by atoms with Gasteiger partial charge in [-0.15, -0.1) is 0 Å². The summed E-state index contributed by atoms with van der Waals surface area (Å²) in [5, 5.41) is 28.6. The van der Waals surface area contributed by atoms with Crippen LogP contribution in [-0.4, -0.2) is 0 Å². The minimum atomic E-state index is 1.22.